The van der Waals surface area contributed by atoms with Crippen molar-refractivity contribution in [1.29, 1.82) is 0 Å². The topological polar surface area (TPSA) is 92.8 Å². The van der Waals surface area contributed by atoms with E-state index in [4.69, 9.17) is 15.7 Å². The Bertz CT molecular complexity index is 1800. The van der Waals surface area contributed by atoms with E-state index in [1.807, 2.05) is 31.2 Å². The standard InChI is InChI=1S/C36H34F2N4O2/c1-21-32(26-6-4-7-27(19-26)44-35(37)38)22(2)41-33(21)36(3)15-13-23(14-16-36)18-31-28-20-30(42-29(28)8-5-17-40-31)24-9-11-25(12-10-24)34(39)43/h4,6-12,17,19-20,23,35,42H,1,13-16,18H2,2-3H3,(H2,39,43). The summed E-state index contributed by atoms with van der Waals surface area (Å²) < 4.78 is 30.3. The van der Waals surface area contributed by atoms with E-state index in [2.05, 4.69) is 35.0 Å². The van der Waals surface area contributed by atoms with Gasteiger partial charge in [0, 0.05) is 39.6 Å². The van der Waals surface area contributed by atoms with Gasteiger partial charge in [0.15, 0.2) is 0 Å². The van der Waals surface area contributed by atoms with Gasteiger partial charge in [-0.1, -0.05) is 43.5 Å². The number of aromatic nitrogens is 1. The highest BCUT2D eigenvalue weighted by molar-refractivity contribution is 6.19. The first-order valence-electron chi connectivity index (χ1n) is 14.8. The molecular weight excluding hydrogens is 558 g/mol. The number of alkyl halides is 2. The Morgan fingerprint density at radius 1 is 1.16 bits per heavy atom. The maximum atomic E-state index is 12.8. The van der Waals surface area contributed by atoms with Gasteiger partial charge in [-0.05, 0) is 92.0 Å². The highest BCUT2D eigenvalue weighted by Crippen LogP contribution is 2.48. The number of H-pyrrole nitrogens is 1. The number of halogens is 2. The third-order valence-electron chi connectivity index (χ3n) is 9.00. The molecule has 6 nitrogen and oxygen atoms in total. The van der Waals surface area contributed by atoms with Crippen LogP contribution in [0.2, 0.25) is 0 Å². The molecule has 3 aliphatic rings. The fraction of sp³-hybridized carbons (Fsp3) is 0.278. The lowest BCUT2D eigenvalue weighted by Crippen LogP contribution is -2.33. The molecular formula is C36H34F2N4O2. The van der Waals surface area contributed by atoms with E-state index in [0.29, 0.717) is 11.5 Å². The van der Waals surface area contributed by atoms with Crippen molar-refractivity contribution in [3.05, 3.63) is 107 Å². The van der Waals surface area contributed by atoms with E-state index >= 15 is 0 Å². The first-order chi connectivity index (χ1) is 21.1. The lowest BCUT2D eigenvalue weighted by atomic mass is 9.66. The summed E-state index contributed by atoms with van der Waals surface area (Å²) in [4.78, 5) is 24.7. The number of rotatable bonds is 8. The second-order valence-electron chi connectivity index (χ2n) is 12.0. The van der Waals surface area contributed by atoms with Gasteiger partial charge in [-0.15, -0.1) is 0 Å². The molecule has 2 aliphatic heterocycles. The van der Waals surface area contributed by atoms with Crippen LogP contribution in [0.5, 0.6) is 5.75 Å². The molecule has 44 heavy (non-hydrogen) atoms. The molecule has 0 atom stereocenters. The van der Waals surface area contributed by atoms with E-state index in [1.54, 1.807) is 30.5 Å². The van der Waals surface area contributed by atoms with Crippen molar-refractivity contribution in [2.75, 3.05) is 0 Å². The summed E-state index contributed by atoms with van der Waals surface area (Å²) in [6.45, 7) is 5.74. The Hall–Kier alpha value is -4.81. The van der Waals surface area contributed by atoms with Crippen LogP contribution < -0.4 is 10.5 Å². The number of hydrogen-bond acceptors (Lipinski definition) is 4. The minimum Gasteiger partial charge on any atom is -0.435 e. The SMILES string of the molecule is C=C1C(C2(C)CCC(CC3=NC=C=Cc4[nH]c(-c5ccc(C(N)=O)cc5)cc43)CC2)=NC(C)=C1c1cccc(OC(F)F)c1. The van der Waals surface area contributed by atoms with Gasteiger partial charge >= 0.3 is 6.61 Å². The monoisotopic (exact) mass is 592 g/mol. The molecule has 3 heterocycles. The number of carbonyl (C=O) groups excluding carboxylic acids is 1. The molecule has 2 aromatic carbocycles. The highest BCUT2D eigenvalue weighted by atomic mass is 19.3. The normalized spacial score (nSPS) is 21.3. The average Bonchev–Trinajstić information content (AvgIpc) is 3.50. The molecule has 0 saturated heterocycles. The predicted octanol–water partition coefficient (Wildman–Crippen LogP) is 8.34. The molecule has 0 unspecified atom stereocenters. The number of fused-ring (bicyclic) bond motifs is 1. The number of nitrogens with two attached hydrogens (primary N) is 1. The molecule has 3 aromatic rings. The van der Waals surface area contributed by atoms with Crippen LogP contribution in [0.25, 0.3) is 22.9 Å². The minimum atomic E-state index is -2.88. The fourth-order valence-corrected chi connectivity index (χ4v) is 6.63. The van der Waals surface area contributed by atoms with Crippen molar-refractivity contribution in [1.82, 2.24) is 4.98 Å². The highest BCUT2D eigenvalue weighted by Gasteiger charge is 2.40. The van der Waals surface area contributed by atoms with E-state index in [9.17, 15) is 13.6 Å². The lowest BCUT2D eigenvalue weighted by Gasteiger charge is -2.38. The van der Waals surface area contributed by atoms with Crippen LogP contribution in [-0.2, 0) is 0 Å². The van der Waals surface area contributed by atoms with Crippen LogP contribution in [0.15, 0.2) is 94.4 Å². The number of nitrogens with one attached hydrogen (secondary N) is 1. The Morgan fingerprint density at radius 3 is 2.61 bits per heavy atom. The van der Waals surface area contributed by atoms with Crippen LogP contribution in [0.4, 0.5) is 8.78 Å². The first kappa shape index (κ1) is 29.3. The zero-order chi connectivity index (χ0) is 31.0. The van der Waals surface area contributed by atoms with Gasteiger partial charge in [-0.25, -0.2) is 0 Å². The third-order valence-corrected chi connectivity index (χ3v) is 9.00. The summed E-state index contributed by atoms with van der Waals surface area (Å²) in [5, 5.41) is 0. The summed E-state index contributed by atoms with van der Waals surface area (Å²) in [6, 6.07) is 16.1. The van der Waals surface area contributed by atoms with Crippen molar-refractivity contribution < 1.29 is 18.3 Å². The number of ether oxygens (including phenoxy) is 1. The summed E-state index contributed by atoms with van der Waals surface area (Å²) in [7, 11) is 0. The average molecular weight is 593 g/mol. The van der Waals surface area contributed by atoms with E-state index in [0.717, 1.165) is 88.4 Å². The van der Waals surface area contributed by atoms with Crippen molar-refractivity contribution in [2.24, 2.45) is 27.1 Å². The largest absolute Gasteiger partial charge is 0.435 e. The van der Waals surface area contributed by atoms with Gasteiger partial charge < -0.3 is 15.5 Å². The quantitative estimate of drug-likeness (QED) is 0.257. The maximum absolute atomic E-state index is 12.8. The summed E-state index contributed by atoms with van der Waals surface area (Å²) >= 11 is 0. The van der Waals surface area contributed by atoms with Crippen molar-refractivity contribution in [3.8, 4) is 17.0 Å². The van der Waals surface area contributed by atoms with Gasteiger partial charge in [0.2, 0.25) is 5.91 Å². The second kappa shape index (κ2) is 11.7. The smallest absolute Gasteiger partial charge is 0.387 e. The number of allylic oxidation sites excluding steroid dienone is 3. The molecule has 0 spiro atoms. The Balaban J connectivity index is 1.14. The molecule has 8 heteroatoms. The number of aliphatic imine (C=N–C) groups is 2. The number of hydrogen-bond donors (Lipinski definition) is 2. The van der Waals surface area contributed by atoms with Crippen LogP contribution in [0, 0.1) is 11.3 Å². The Labute approximate surface area is 255 Å². The molecule has 1 aromatic heterocycles. The zero-order valence-electron chi connectivity index (χ0n) is 24.8. The number of primary amides is 1. The Kier molecular flexibility index (Phi) is 7.78. The van der Waals surface area contributed by atoms with Crippen LogP contribution in [0.1, 0.15) is 73.1 Å². The number of aromatic amines is 1. The van der Waals surface area contributed by atoms with Crippen LogP contribution in [0.3, 0.4) is 0 Å². The predicted molar refractivity (Wildman–Crippen MR) is 171 cm³/mol. The van der Waals surface area contributed by atoms with Gasteiger partial charge in [-0.2, -0.15) is 8.78 Å². The third kappa shape index (κ3) is 5.73. The maximum Gasteiger partial charge on any atom is 0.387 e. The van der Waals surface area contributed by atoms with Crippen LogP contribution >= 0.6 is 0 Å². The van der Waals surface area contributed by atoms with Gasteiger partial charge in [0.25, 0.3) is 0 Å². The van der Waals surface area contributed by atoms with Gasteiger partial charge in [-0.3, -0.25) is 14.8 Å². The number of benzene rings is 2. The first-order valence-corrected chi connectivity index (χ1v) is 14.8. The number of nitrogens with zero attached hydrogens (tertiary/aromatic N) is 2. The van der Waals surface area contributed by atoms with E-state index < -0.39 is 12.5 Å². The van der Waals surface area contributed by atoms with E-state index in [-0.39, 0.29) is 11.2 Å². The molecule has 3 N–H and O–H groups in total. The molecule has 1 saturated carbocycles. The molecule has 1 fully saturated rings. The van der Waals surface area contributed by atoms with Gasteiger partial charge in [0.05, 0.1) is 23.3 Å². The number of carbonyl (C=O) groups is 1. The van der Waals surface area contributed by atoms with Crippen LogP contribution in [-0.4, -0.2) is 28.9 Å². The molecule has 1 aliphatic carbocycles. The van der Waals surface area contributed by atoms with Crippen molar-refractivity contribution in [3.63, 3.8) is 0 Å². The molecule has 224 valence electrons. The Morgan fingerprint density at radius 2 is 1.91 bits per heavy atom. The molecule has 0 bridgehead atoms. The summed E-state index contributed by atoms with van der Waals surface area (Å²) in [5.74, 6) is 0.130. The fourth-order valence-electron chi connectivity index (χ4n) is 6.63. The van der Waals surface area contributed by atoms with Crippen molar-refractivity contribution in [2.45, 2.75) is 52.6 Å². The summed E-state index contributed by atoms with van der Waals surface area (Å²) in [5.41, 5.74) is 18.2. The zero-order valence-corrected chi connectivity index (χ0v) is 24.8. The molecule has 0 radical (unpaired) electrons. The second-order valence-corrected chi connectivity index (χ2v) is 12.0. The lowest BCUT2D eigenvalue weighted by molar-refractivity contribution is -0.0498. The van der Waals surface area contributed by atoms with Gasteiger partial charge in [0.1, 0.15) is 5.75 Å². The molecule has 1 amide bonds. The summed E-state index contributed by atoms with van der Waals surface area (Å²) in [6.07, 6.45) is 8.45. The number of amides is 1. The molecule has 6 rings (SSSR count). The van der Waals surface area contributed by atoms with Crippen molar-refractivity contribution >= 4 is 29.0 Å². The van der Waals surface area contributed by atoms with E-state index in [1.165, 1.54) is 6.07 Å². The minimum absolute atomic E-state index is 0.121.